The van der Waals surface area contributed by atoms with E-state index in [0.717, 1.165) is 19.3 Å². The first-order valence-corrected chi connectivity index (χ1v) is 6.48. The number of aryl methyl sites for hydroxylation is 1. The molecule has 0 bridgehead atoms. The number of nitro groups is 1. The van der Waals surface area contributed by atoms with Crippen LogP contribution in [0.15, 0.2) is 0 Å². The molecule has 8 heteroatoms. The molecule has 0 aliphatic heterocycles. The summed E-state index contributed by atoms with van der Waals surface area (Å²) in [4.78, 5) is 20.3. The molecule has 0 unspecified atom stereocenters. The zero-order chi connectivity index (χ0) is 14.0. The molecule has 19 heavy (non-hydrogen) atoms. The molecule has 1 aromatic rings. The molecule has 104 valence electrons. The number of nitrogens with zero attached hydrogens (tertiary/aromatic N) is 4. The summed E-state index contributed by atoms with van der Waals surface area (Å²) in [7, 11) is 0. The van der Waals surface area contributed by atoms with Crippen molar-refractivity contribution in [1.29, 1.82) is 0 Å². The molecule has 0 amide bonds. The van der Waals surface area contributed by atoms with Crippen LogP contribution in [0.2, 0.25) is 5.28 Å². The first-order chi connectivity index (χ1) is 9.04. The van der Waals surface area contributed by atoms with E-state index in [0.29, 0.717) is 6.54 Å². The van der Waals surface area contributed by atoms with Gasteiger partial charge in [0.2, 0.25) is 11.1 Å². The van der Waals surface area contributed by atoms with Crippen molar-refractivity contribution in [2.45, 2.75) is 32.2 Å². The summed E-state index contributed by atoms with van der Waals surface area (Å²) in [6, 6.07) is 0.177. The molecule has 0 aromatic carbocycles. The molecule has 1 N–H and O–H groups in total. The fourth-order valence-corrected chi connectivity index (χ4v) is 2.41. The third-order valence-corrected chi connectivity index (χ3v) is 3.49. The van der Waals surface area contributed by atoms with E-state index in [1.165, 1.54) is 6.92 Å². The minimum absolute atomic E-state index is 0.0136. The average molecular weight is 287 g/mol. The van der Waals surface area contributed by atoms with Gasteiger partial charge in [0, 0.05) is 12.6 Å². The highest BCUT2D eigenvalue weighted by Gasteiger charge is 2.32. The smallest absolute Gasteiger partial charge is 0.332 e. The molecule has 1 aliphatic carbocycles. The van der Waals surface area contributed by atoms with Gasteiger partial charge in [-0.3, -0.25) is 10.1 Å². The van der Waals surface area contributed by atoms with Crippen LogP contribution in [-0.2, 0) is 0 Å². The second-order valence-corrected chi connectivity index (χ2v) is 4.85. The quantitative estimate of drug-likeness (QED) is 0.503. The van der Waals surface area contributed by atoms with Crippen molar-refractivity contribution in [2.24, 2.45) is 0 Å². The lowest BCUT2D eigenvalue weighted by atomic mass is 9.91. The lowest BCUT2D eigenvalue weighted by molar-refractivity contribution is -0.385. The Morgan fingerprint density at radius 1 is 1.53 bits per heavy atom. The van der Waals surface area contributed by atoms with Gasteiger partial charge >= 0.3 is 5.69 Å². The van der Waals surface area contributed by atoms with Crippen molar-refractivity contribution in [3.63, 3.8) is 0 Å². The Labute approximate surface area is 115 Å². The van der Waals surface area contributed by atoms with Gasteiger partial charge in [-0.1, -0.05) is 0 Å². The zero-order valence-corrected chi connectivity index (χ0v) is 11.3. The largest absolute Gasteiger partial charge is 0.395 e. The summed E-state index contributed by atoms with van der Waals surface area (Å²) in [5, 5.41) is 20.3. The molecule has 1 fully saturated rings. The summed E-state index contributed by atoms with van der Waals surface area (Å²) in [5.74, 6) is 0.209. The second kappa shape index (κ2) is 5.66. The summed E-state index contributed by atoms with van der Waals surface area (Å²) < 4.78 is 0. The number of hydrogen-bond donors (Lipinski definition) is 1. The fraction of sp³-hybridized carbons (Fsp3) is 0.636. The van der Waals surface area contributed by atoms with Gasteiger partial charge in [-0.2, -0.15) is 4.98 Å². The Balaban J connectivity index is 2.47. The van der Waals surface area contributed by atoms with Gasteiger partial charge in [-0.15, -0.1) is 0 Å². The number of hydrogen-bond acceptors (Lipinski definition) is 6. The van der Waals surface area contributed by atoms with Crippen molar-refractivity contribution < 1.29 is 10.0 Å². The van der Waals surface area contributed by atoms with Crippen LogP contribution < -0.4 is 4.90 Å². The fourth-order valence-electron chi connectivity index (χ4n) is 2.20. The Hall–Kier alpha value is -1.47. The van der Waals surface area contributed by atoms with Crippen molar-refractivity contribution in [3.05, 3.63) is 21.1 Å². The maximum atomic E-state index is 11.2. The van der Waals surface area contributed by atoms with Crippen LogP contribution in [0.25, 0.3) is 0 Å². The highest BCUT2D eigenvalue weighted by atomic mass is 35.5. The minimum Gasteiger partial charge on any atom is -0.395 e. The topological polar surface area (TPSA) is 92.4 Å². The molecular formula is C11H15ClN4O3. The maximum Gasteiger partial charge on any atom is 0.332 e. The highest BCUT2D eigenvalue weighted by molar-refractivity contribution is 6.28. The van der Waals surface area contributed by atoms with Crippen molar-refractivity contribution >= 4 is 23.1 Å². The molecule has 0 atom stereocenters. The Kier molecular flexibility index (Phi) is 4.16. The number of halogens is 1. The van der Waals surface area contributed by atoms with Crippen molar-refractivity contribution in [3.8, 4) is 0 Å². The minimum atomic E-state index is -0.496. The van der Waals surface area contributed by atoms with Gasteiger partial charge in [0.1, 0.15) is 5.69 Å². The van der Waals surface area contributed by atoms with E-state index >= 15 is 0 Å². The van der Waals surface area contributed by atoms with Crippen molar-refractivity contribution in [1.82, 2.24) is 9.97 Å². The third kappa shape index (κ3) is 2.76. The number of aromatic nitrogens is 2. The average Bonchev–Trinajstić information content (AvgIpc) is 2.24. The van der Waals surface area contributed by atoms with Gasteiger partial charge in [0.05, 0.1) is 11.5 Å². The zero-order valence-electron chi connectivity index (χ0n) is 10.5. The van der Waals surface area contributed by atoms with Gasteiger partial charge in [-0.25, -0.2) is 4.98 Å². The maximum absolute atomic E-state index is 11.2. The standard InChI is InChI=1S/C11H15ClN4O3/c1-7-9(16(18)19)10(14-11(12)13-7)15(5-6-17)8-3-2-4-8/h8,17H,2-6H2,1H3. The Morgan fingerprint density at radius 3 is 2.68 bits per heavy atom. The van der Waals surface area contributed by atoms with E-state index in [4.69, 9.17) is 16.7 Å². The van der Waals surface area contributed by atoms with Gasteiger partial charge in [-0.05, 0) is 37.8 Å². The van der Waals surface area contributed by atoms with Crippen molar-refractivity contribution in [2.75, 3.05) is 18.1 Å². The predicted molar refractivity (Wildman–Crippen MR) is 70.5 cm³/mol. The van der Waals surface area contributed by atoms with Crippen LogP contribution in [0.5, 0.6) is 0 Å². The number of aliphatic hydroxyl groups excluding tert-OH is 1. The molecule has 0 radical (unpaired) electrons. The van der Waals surface area contributed by atoms with Gasteiger partial charge in [0.25, 0.3) is 0 Å². The molecule has 1 aliphatic rings. The van der Waals surface area contributed by atoms with Crippen LogP contribution in [-0.4, -0.2) is 39.2 Å². The summed E-state index contributed by atoms with van der Waals surface area (Å²) in [5.41, 5.74) is 0.104. The monoisotopic (exact) mass is 286 g/mol. The van der Waals surface area contributed by atoms with E-state index < -0.39 is 4.92 Å². The van der Waals surface area contributed by atoms with Gasteiger partial charge in [0.15, 0.2) is 0 Å². The van der Waals surface area contributed by atoms with Gasteiger partial charge < -0.3 is 10.0 Å². The molecule has 1 aromatic heterocycles. The van der Waals surface area contributed by atoms with E-state index in [2.05, 4.69) is 9.97 Å². The Morgan fingerprint density at radius 2 is 2.21 bits per heavy atom. The third-order valence-electron chi connectivity index (χ3n) is 3.32. The van der Waals surface area contributed by atoms with E-state index in [1.54, 1.807) is 4.90 Å². The van der Waals surface area contributed by atoms with Crippen LogP contribution >= 0.6 is 11.6 Å². The second-order valence-electron chi connectivity index (χ2n) is 4.51. The summed E-state index contributed by atoms with van der Waals surface area (Å²) in [6.45, 7) is 1.75. The lowest BCUT2D eigenvalue weighted by Gasteiger charge is -2.37. The molecular weight excluding hydrogens is 272 g/mol. The van der Waals surface area contributed by atoms with E-state index in [-0.39, 0.29) is 35.1 Å². The Bertz CT molecular complexity index is 493. The molecule has 0 spiro atoms. The van der Waals surface area contributed by atoms with Crippen LogP contribution in [0.4, 0.5) is 11.5 Å². The lowest BCUT2D eigenvalue weighted by Crippen LogP contribution is -2.43. The number of rotatable bonds is 5. The number of anilines is 1. The van der Waals surface area contributed by atoms with Crippen LogP contribution in [0.3, 0.4) is 0 Å². The number of aliphatic hydroxyl groups is 1. The molecule has 7 nitrogen and oxygen atoms in total. The molecule has 1 heterocycles. The molecule has 2 rings (SSSR count). The summed E-state index contributed by atoms with van der Waals surface area (Å²) >= 11 is 5.80. The van der Waals surface area contributed by atoms with E-state index in [1.807, 2.05) is 0 Å². The first kappa shape index (κ1) is 14.0. The molecule has 0 saturated heterocycles. The SMILES string of the molecule is Cc1nc(Cl)nc(N(CCO)C2CCC2)c1[N+](=O)[O-]. The normalized spacial score (nSPS) is 15.1. The van der Waals surface area contributed by atoms with E-state index in [9.17, 15) is 10.1 Å². The predicted octanol–water partition coefficient (Wildman–Crippen LogP) is 1.70. The molecule has 1 saturated carbocycles. The highest BCUT2D eigenvalue weighted by Crippen LogP contribution is 2.35. The van der Waals surface area contributed by atoms with Crippen LogP contribution in [0, 0.1) is 17.0 Å². The van der Waals surface area contributed by atoms with Crippen LogP contribution in [0.1, 0.15) is 25.0 Å². The summed E-state index contributed by atoms with van der Waals surface area (Å²) in [6.07, 6.45) is 2.97. The first-order valence-electron chi connectivity index (χ1n) is 6.10.